The van der Waals surface area contributed by atoms with E-state index in [4.69, 9.17) is 0 Å². The monoisotopic (exact) mass is 237 g/mol. The van der Waals surface area contributed by atoms with Crippen LogP contribution in [0, 0.1) is 17.3 Å². The SMILES string of the molecule is CC1CC(NC2CCCCC2C)CC(C)(C)C1. The molecule has 0 aromatic carbocycles. The Morgan fingerprint density at radius 2 is 1.71 bits per heavy atom. The normalized spacial score (nSPS) is 42.4. The van der Waals surface area contributed by atoms with E-state index < -0.39 is 0 Å². The van der Waals surface area contributed by atoms with E-state index in [-0.39, 0.29) is 0 Å². The second-order valence-corrected chi connectivity index (χ2v) is 7.65. The summed E-state index contributed by atoms with van der Waals surface area (Å²) in [7, 11) is 0. The lowest BCUT2D eigenvalue weighted by Gasteiger charge is -2.42. The Balaban J connectivity index is 1.89. The molecule has 2 aliphatic rings. The summed E-state index contributed by atoms with van der Waals surface area (Å²) in [6, 6.07) is 1.58. The third-order valence-corrected chi connectivity index (χ3v) is 4.95. The van der Waals surface area contributed by atoms with Gasteiger partial charge in [-0.1, -0.05) is 40.5 Å². The van der Waals surface area contributed by atoms with Gasteiger partial charge in [0.2, 0.25) is 0 Å². The minimum Gasteiger partial charge on any atom is -0.311 e. The van der Waals surface area contributed by atoms with Gasteiger partial charge in [0, 0.05) is 12.1 Å². The van der Waals surface area contributed by atoms with Crippen molar-refractivity contribution < 1.29 is 0 Å². The molecular weight excluding hydrogens is 206 g/mol. The van der Waals surface area contributed by atoms with Crippen molar-refractivity contribution in [3.05, 3.63) is 0 Å². The van der Waals surface area contributed by atoms with Crippen molar-refractivity contribution >= 4 is 0 Å². The van der Waals surface area contributed by atoms with E-state index in [1.165, 1.54) is 44.9 Å². The molecule has 0 saturated heterocycles. The molecule has 4 unspecified atom stereocenters. The van der Waals surface area contributed by atoms with Gasteiger partial charge in [0.15, 0.2) is 0 Å². The van der Waals surface area contributed by atoms with Gasteiger partial charge in [-0.3, -0.25) is 0 Å². The van der Waals surface area contributed by atoms with Crippen molar-refractivity contribution in [2.24, 2.45) is 17.3 Å². The highest BCUT2D eigenvalue weighted by Crippen LogP contribution is 2.39. The molecule has 0 aromatic rings. The third kappa shape index (κ3) is 3.71. The van der Waals surface area contributed by atoms with Crippen molar-refractivity contribution in [2.45, 2.75) is 84.7 Å². The summed E-state index contributed by atoms with van der Waals surface area (Å²) in [5.41, 5.74) is 0.549. The van der Waals surface area contributed by atoms with Gasteiger partial charge in [0.1, 0.15) is 0 Å². The van der Waals surface area contributed by atoms with Crippen LogP contribution in [0.5, 0.6) is 0 Å². The first-order valence-corrected chi connectivity index (χ1v) is 7.72. The molecule has 0 aromatic heterocycles. The summed E-state index contributed by atoms with van der Waals surface area (Å²) in [4.78, 5) is 0. The first-order valence-electron chi connectivity index (χ1n) is 7.72. The first kappa shape index (κ1) is 13.4. The van der Waals surface area contributed by atoms with Crippen LogP contribution in [0.2, 0.25) is 0 Å². The number of hydrogen-bond acceptors (Lipinski definition) is 1. The van der Waals surface area contributed by atoms with Gasteiger partial charge in [-0.05, 0) is 49.4 Å². The molecule has 0 amide bonds. The van der Waals surface area contributed by atoms with E-state index in [1.54, 1.807) is 0 Å². The van der Waals surface area contributed by atoms with E-state index in [1.807, 2.05) is 0 Å². The topological polar surface area (TPSA) is 12.0 Å². The van der Waals surface area contributed by atoms with Crippen molar-refractivity contribution in [2.75, 3.05) is 0 Å². The molecule has 4 atom stereocenters. The summed E-state index contributed by atoms with van der Waals surface area (Å²) in [6.45, 7) is 9.76. The van der Waals surface area contributed by atoms with Crippen molar-refractivity contribution in [3.63, 3.8) is 0 Å². The van der Waals surface area contributed by atoms with E-state index in [2.05, 4.69) is 33.0 Å². The summed E-state index contributed by atoms with van der Waals surface area (Å²) in [5.74, 6) is 1.79. The molecule has 1 nitrogen and oxygen atoms in total. The molecule has 0 aliphatic heterocycles. The van der Waals surface area contributed by atoms with Gasteiger partial charge in [0.05, 0.1) is 0 Å². The van der Waals surface area contributed by atoms with Crippen molar-refractivity contribution in [3.8, 4) is 0 Å². The molecule has 0 radical (unpaired) electrons. The Labute approximate surface area is 108 Å². The first-order chi connectivity index (χ1) is 7.96. The highest BCUT2D eigenvalue weighted by atomic mass is 15.0. The maximum atomic E-state index is 3.99. The van der Waals surface area contributed by atoms with Crippen LogP contribution in [0.1, 0.15) is 72.6 Å². The van der Waals surface area contributed by atoms with Gasteiger partial charge < -0.3 is 5.32 Å². The zero-order chi connectivity index (χ0) is 12.5. The van der Waals surface area contributed by atoms with Crippen LogP contribution in [0.4, 0.5) is 0 Å². The van der Waals surface area contributed by atoms with Crippen LogP contribution in [0.15, 0.2) is 0 Å². The maximum Gasteiger partial charge on any atom is 0.00952 e. The molecule has 2 fully saturated rings. The highest BCUT2D eigenvalue weighted by Gasteiger charge is 2.33. The molecule has 0 bridgehead atoms. The van der Waals surface area contributed by atoms with Crippen molar-refractivity contribution in [1.82, 2.24) is 5.32 Å². The summed E-state index contributed by atoms with van der Waals surface area (Å²) in [6.07, 6.45) is 9.91. The van der Waals surface area contributed by atoms with Gasteiger partial charge in [-0.15, -0.1) is 0 Å². The summed E-state index contributed by atoms with van der Waals surface area (Å²) in [5, 5.41) is 3.99. The lowest BCUT2D eigenvalue weighted by Crippen LogP contribution is -2.48. The fourth-order valence-corrected chi connectivity index (χ4v) is 4.34. The Morgan fingerprint density at radius 1 is 1.00 bits per heavy atom. The predicted molar refractivity (Wildman–Crippen MR) is 75.1 cm³/mol. The molecule has 2 rings (SSSR count). The number of rotatable bonds is 2. The maximum absolute atomic E-state index is 3.99. The minimum atomic E-state index is 0.549. The van der Waals surface area contributed by atoms with Crippen LogP contribution >= 0.6 is 0 Å². The van der Waals surface area contributed by atoms with Crippen LogP contribution in [0.3, 0.4) is 0 Å². The van der Waals surface area contributed by atoms with Gasteiger partial charge in [-0.25, -0.2) is 0 Å². The molecule has 0 spiro atoms. The minimum absolute atomic E-state index is 0.549. The summed E-state index contributed by atoms with van der Waals surface area (Å²) >= 11 is 0. The van der Waals surface area contributed by atoms with E-state index in [0.717, 1.165) is 23.9 Å². The molecule has 100 valence electrons. The molecule has 2 aliphatic carbocycles. The van der Waals surface area contributed by atoms with E-state index in [0.29, 0.717) is 5.41 Å². The zero-order valence-corrected chi connectivity index (χ0v) is 12.3. The second-order valence-electron chi connectivity index (χ2n) is 7.65. The van der Waals surface area contributed by atoms with E-state index in [9.17, 15) is 0 Å². The number of nitrogens with one attached hydrogen (secondary N) is 1. The smallest absolute Gasteiger partial charge is 0.00952 e. The predicted octanol–water partition coefficient (Wildman–Crippen LogP) is 4.37. The second kappa shape index (κ2) is 5.30. The van der Waals surface area contributed by atoms with Crippen LogP contribution < -0.4 is 5.32 Å². The van der Waals surface area contributed by atoms with Crippen LogP contribution in [-0.4, -0.2) is 12.1 Å². The molecule has 2 saturated carbocycles. The highest BCUT2D eigenvalue weighted by molar-refractivity contribution is 4.90. The Morgan fingerprint density at radius 3 is 2.35 bits per heavy atom. The third-order valence-electron chi connectivity index (χ3n) is 4.95. The molecule has 17 heavy (non-hydrogen) atoms. The van der Waals surface area contributed by atoms with Crippen LogP contribution in [-0.2, 0) is 0 Å². The molecular formula is C16H31N. The molecule has 1 heteroatoms. The Bertz CT molecular complexity index is 246. The lowest BCUT2D eigenvalue weighted by molar-refractivity contribution is 0.129. The van der Waals surface area contributed by atoms with Gasteiger partial charge >= 0.3 is 0 Å². The van der Waals surface area contributed by atoms with Crippen LogP contribution in [0.25, 0.3) is 0 Å². The number of hydrogen-bond donors (Lipinski definition) is 1. The Hall–Kier alpha value is -0.0400. The Kier molecular flexibility index (Phi) is 4.18. The average molecular weight is 237 g/mol. The van der Waals surface area contributed by atoms with Gasteiger partial charge in [-0.2, -0.15) is 0 Å². The largest absolute Gasteiger partial charge is 0.311 e. The average Bonchev–Trinajstić information content (AvgIpc) is 2.18. The zero-order valence-electron chi connectivity index (χ0n) is 12.3. The fourth-order valence-electron chi connectivity index (χ4n) is 4.34. The standard InChI is InChI=1S/C16H31N/c1-12-9-14(11-16(3,4)10-12)17-15-8-6-5-7-13(15)2/h12-15,17H,5-11H2,1-4H3. The van der Waals surface area contributed by atoms with Gasteiger partial charge in [0.25, 0.3) is 0 Å². The van der Waals surface area contributed by atoms with Crippen molar-refractivity contribution in [1.29, 1.82) is 0 Å². The van der Waals surface area contributed by atoms with E-state index >= 15 is 0 Å². The fraction of sp³-hybridized carbons (Fsp3) is 1.00. The molecule has 1 N–H and O–H groups in total. The molecule has 0 heterocycles. The lowest BCUT2D eigenvalue weighted by atomic mass is 9.70. The quantitative estimate of drug-likeness (QED) is 0.752. The summed E-state index contributed by atoms with van der Waals surface area (Å²) < 4.78 is 0.